The normalized spacial score (nSPS) is 10.9. The predicted molar refractivity (Wildman–Crippen MR) is 85.8 cm³/mol. The topological polar surface area (TPSA) is 72.9 Å². The molecule has 2 heterocycles. The highest BCUT2D eigenvalue weighted by Gasteiger charge is 2.17. The fraction of sp³-hybridized carbons (Fsp3) is 0.143. The second kappa shape index (κ2) is 5.75. The number of hydrogen-bond acceptors (Lipinski definition) is 4. The molecule has 0 saturated heterocycles. The van der Waals surface area contributed by atoms with Crippen LogP contribution in [-0.4, -0.2) is 22.2 Å². The van der Waals surface area contributed by atoms with Crippen LogP contribution in [-0.2, 0) is 6.54 Å². The molecule has 0 aliphatic heterocycles. The molecule has 0 spiro atoms. The molecule has 0 bridgehead atoms. The van der Waals surface area contributed by atoms with E-state index < -0.39 is 0 Å². The Bertz CT molecular complexity index is 782. The maximum absolute atomic E-state index is 12.2. The summed E-state index contributed by atoms with van der Waals surface area (Å²) < 4.78 is 2.67. The second-order valence-electron chi connectivity index (χ2n) is 4.48. The minimum atomic E-state index is -0.183. The van der Waals surface area contributed by atoms with Gasteiger partial charge in [-0.25, -0.2) is 0 Å². The molecule has 0 saturated carbocycles. The molecule has 0 fully saturated rings. The number of nitrogen functional groups attached to an aromatic ring is 1. The van der Waals surface area contributed by atoms with Crippen LogP contribution in [0.25, 0.3) is 10.1 Å². The molecule has 7 heteroatoms. The largest absolute Gasteiger partial charge is 0.397 e. The van der Waals surface area contributed by atoms with Crippen LogP contribution in [0.5, 0.6) is 0 Å². The van der Waals surface area contributed by atoms with Crippen LogP contribution in [0.2, 0.25) is 5.02 Å². The Morgan fingerprint density at radius 2 is 2.29 bits per heavy atom. The smallest absolute Gasteiger partial charge is 0.263 e. The number of thiophene rings is 1. The SMILES string of the molecule is Nc1c(C(=O)NCCn2cccn2)sc2cccc(Cl)c12. The van der Waals surface area contributed by atoms with Crippen molar-refractivity contribution in [2.75, 3.05) is 12.3 Å². The highest BCUT2D eigenvalue weighted by Crippen LogP contribution is 2.37. The fourth-order valence-corrected chi connectivity index (χ4v) is 3.49. The molecular formula is C14H13ClN4OS. The van der Waals surface area contributed by atoms with Crippen LogP contribution in [0.15, 0.2) is 36.7 Å². The standard InChI is InChI=1S/C14H13ClN4OS/c15-9-3-1-4-10-11(9)12(16)13(21-10)14(20)17-6-8-19-7-2-5-18-19/h1-5,7H,6,8,16H2,(H,17,20). The third kappa shape index (κ3) is 2.72. The molecule has 0 unspecified atom stereocenters. The Labute approximate surface area is 130 Å². The number of nitrogens with two attached hydrogens (primary N) is 1. The molecule has 108 valence electrons. The highest BCUT2D eigenvalue weighted by atomic mass is 35.5. The number of amides is 1. The lowest BCUT2D eigenvalue weighted by molar-refractivity contribution is 0.0957. The molecule has 3 aromatic rings. The van der Waals surface area contributed by atoms with Crippen molar-refractivity contribution in [1.82, 2.24) is 15.1 Å². The van der Waals surface area contributed by atoms with Gasteiger partial charge < -0.3 is 11.1 Å². The van der Waals surface area contributed by atoms with E-state index in [1.165, 1.54) is 11.3 Å². The van der Waals surface area contributed by atoms with E-state index in [2.05, 4.69) is 10.4 Å². The monoisotopic (exact) mass is 320 g/mol. The number of carbonyl (C=O) groups excluding carboxylic acids is 1. The first kappa shape index (κ1) is 13.9. The van der Waals surface area contributed by atoms with Crippen molar-refractivity contribution in [3.05, 3.63) is 46.6 Å². The van der Waals surface area contributed by atoms with E-state index >= 15 is 0 Å². The summed E-state index contributed by atoms with van der Waals surface area (Å²) in [5.74, 6) is -0.183. The fourth-order valence-electron chi connectivity index (χ4n) is 2.09. The van der Waals surface area contributed by atoms with Gasteiger partial charge in [0.15, 0.2) is 0 Å². The van der Waals surface area contributed by atoms with Crippen molar-refractivity contribution < 1.29 is 4.79 Å². The Morgan fingerprint density at radius 1 is 1.43 bits per heavy atom. The van der Waals surface area contributed by atoms with E-state index in [0.717, 1.165) is 10.1 Å². The molecule has 1 aromatic carbocycles. The Kier molecular flexibility index (Phi) is 3.81. The molecule has 0 atom stereocenters. The Morgan fingerprint density at radius 3 is 3.00 bits per heavy atom. The number of nitrogens with zero attached hydrogens (tertiary/aromatic N) is 2. The summed E-state index contributed by atoms with van der Waals surface area (Å²) >= 11 is 7.49. The average Bonchev–Trinajstić information content (AvgIpc) is 3.08. The Hall–Kier alpha value is -2.05. The molecule has 0 radical (unpaired) electrons. The van der Waals surface area contributed by atoms with Crippen LogP contribution < -0.4 is 11.1 Å². The van der Waals surface area contributed by atoms with Crippen LogP contribution >= 0.6 is 22.9 Å². The van der Waals surface area contributed by atoms with Crippen LogP contribution in [0.3, 0.4) is 0 Å². The summed E-state index contributed by atoms with van der Waals surface area (Å²) in [6, 6.07) is 7.36. The number of anilines is 1. The number of aromatic nitrogens is 2. The van der Waals surface area contributed by atoms with Crippen molar-refractivity contribution in [2.24, 2.45) is 0 Å². The summed E-state index contributed by atoms with van der Waals surface area (Å²) in [6.45, 7) is 1.10. The van der Waals surface area contributed by atoms with Gasteiger partial charge in [-0.2, -0.15) is 5.10 Å². The van der Waals surface area contributed by atoms with Gasteiger partial charge in [0.05, 0.1) is 17.3 Å². The van der Waals surface area contributed by atoms with Gasteiger partial charge in [-0.3, -0.25) is 9.48 Å². The number of rotatable bonds is 4. The van der Waals surface area contributed by atoms with E-state index in [9.17, 15) is 4.79 Å². The summed E-state index contributed by atoms with van der Waals surface area (Å²) in [5.41, 5.74) is 6.50. The Balaban J connectivity index is 1.75. The lowest BCUT2D eigenvalue weighted by Crippen LogP contribution is -2.27. The van der Waals surface area contributed by atoms with Gasteiger partial charge in [-0.05, 0) is 18.2 Å². The van der Waals surface area contributed by atoms with E-state index in [1.54, 1.807) is 16.9 Å². The van der Waals surface area contributed by atoms with Crippen molar-refractivity contribution in [3.8, 4) is 0 Å². The number of hydrogen-bond donors (Lipinski definition) is 2. The predicted octanol–water partition coefficient (Wildman–Crippen LogP) is 2.76. The van der Waals surface area contributed by atoms with Crippen LogP contribution in [0.4, 0.5) is 5.69 Å². The van der Waals surface area contributed by atoms with Gasteiger partial charge >= 0.3 is 0 Å². The molecule has 5 nitrogen and oxygen atoms in total. The summed E-state index contributed by atoms with van der Waals surface area (Å²) in [6.07, 6.45) is 3.55. The number of benzene rings is 1. The minimum Gasteiger partial charge on any atom is -0.397 e. The van der Waals surface area contributed by atoms with Crippen LogP contribution in [0.1, 0.15) is 9.67 Å². The molecule has 1 amide bonds. The maximum atomic E-state index is 12.2. The molecule has 3 rings (SSSR count). The molecule has 0 aliphatic carbocycles. The zero-order valence-corrected chi connectivity index (χ0v) is 12.6. The first-order valence-corrected chi connectivity index (χ1v) is 7.58. The van der Waals surface area contributed by atoms with Crippen molar-refractivity contribution >= 4 is 44.6 Å². The molecule has 21 heavy (non-hydrogen) atoms. The number of halogens is 1. The van der Waals surface area contributed by atoms with Gasteiger partial charge in [-0.15, -0.1) is 11.3 Å². The third-order valence-electron chi connectivity index (χ3n) is 3.09. The number of fused-ring (bicyclic) bond motifs is 1. The molecule has 2 aromatic heterocycles. The van der Waals surface area contributed by atoms with Crippen LogP contribution in [0, 0.1) is 0 Å². The molecular weight excluding hydrogens is 308 g/mol. The average molecular weight is 321 g/mol. The summed E-state index contributed by atoms with van der Waals surface area (Å²) in [5, 5.41) is 8.24. The first-order chi connectivity index (χ1) is 10.2. The van der Waals surface area contributed by atoms with Crippen molar-refractivity contribution in [3.63, 3.8) is 0 Å². The summed E-state index contributed by atoms with van der Waals surface area (Å²) in [7, 11) is 0. The number of carbonyl (C=O) groups is 1. The maximum Gasteiger partial charge on any atom is 0.263 e. The summed E-state index contributed by atoms with van der Waals surface area (Å²) in [4.78, 5) is 12.7. The van der Waals surface area contributed by atoms with Gasteiger partial charge in [0, 0.05) is 29.0 Å². The minimum absolute atomic E-state index is 0.183. The van der Waals surface area contributed by atoms with Crippen molar-refractivity contribution in [2.45, 2.75) is 6.54 Å². The van der Waals surface area contributed by atoms with E-state index in [4.69, 9.17) is 17.3 Å². The zero-order chi connectivity index (χ0) is 14.8. The zero-order valence-electron chi connectivity index (χ0n) is 11.0. The first-order valence-electron chi connectivity index (χ1n) is 6.39. The van der Waals surface area contributed by atoms with Crippen molar-refractivity contribution in [1.29, 1.82) is 0 Å². The highest BCUT2D eigenvalue weighted by molar-refractivity contribution is 7.21. The molecule has 3 N–H and O–H groups in total. The van der Waals surface area contributed by atoms with Gasteiger partial charge in [-0.1, -0.05) is 17.7 Å². The number of nitrogens with one attached hydrogen (secondary N) is 1. The lowest BCUT2D eigenvalue weighted by Gasteiger charge is -2.04. The van der Waals surface area contributed by atoms with Gasteiger partial charge in [0.25, 0.3) is 5.91 Å². The third-order valence-corrected chi connectivity index (χ3v) is 4.58. The quantitative estimate of drug-likeness (QED) is 0.776. The molecule has 0 aliphatic rings. The van der Waals surface area contributed by atoms with Gasteiger partial charge in [0.1, 0.15) is 4.88 Å². The van der Waals surface area contributed by atoms with E-state index in [-0.39, 0.29) is 5.91 Å². The van der Waals surface area contributed by atoms with E-state index in [1.807, 2.05) is 24.4 Å². The second-order valence-corrected chi connectivity index (χ2v) is 5.94. The lowest BCUT2D eigenvalue weighted by atomic mass is 10.2. The van der Waals surface area contributed by atoms with Gasteiger partial charge in [0.2, 0.25) is 0 Å². The van der Waals surface area contributed by atoms with E-state index in [0.29, 0.717) is 28.7 Å².